The first-order valence-corrected chi connectivity index (χ1v) is 6.19. The average Bonchev–Trinajstić information content (AvgIpc) is 2.19. The number of nitrogens with two attached hydrogens (primary N) is 1. The lowest BCUT2D eigenvalue weighted by Crippen LogP contribution is -2.33. The maximum absolute atomic E-state index is 6.41. The molecule has 90 valence electrons. The van der Waals surface area contributed by atoms with Crippen LogP contribution in [0.1, 0.15) is 50.3 Å². The first-order valence-electron chi connectivity index (χ1n) is 6.19. The Morgan fingerprint density at radius 2 is 1.81 bits per heavy atom. The van der Waals surface area contributed by atoms with E-state index < -0.39 is 0 Å². The molecule has 0 amide bonds. The van der Waals surface area contributed by atoms with Gasteiger partial charge in [0.25, 0.3) is 0 Å². The van der Waals surface area contributed by atoms with Gasteiger partial charge in [-0.3, -0.25) is 0 Å². The molecular formula is C15H25N. The van der Waals surface area contributed by atoms with Gasteiger partial charge in [-0.2, -0.15) is 0 Å². The van der Waals surface area contributed by atoms with Crippen molar-refractivity contribution >= 4 is 0 Å². The highest BCUT2D eigenvalue weighted by Gasteiger charge is 2.21. The molecule has 1 aromatic carbocycles. The van der Waals surface area contributed by atoms with Crippen molar-refractivity contribution in [3.63, 3.8) is 0 Å². The molecule has 1 nitrogen and oxygen atoms in total. The third-order valence-corrected chi connectivity index (χ3v) is 3.41. The van der Waals surface area contributed by atoms with Gasteiger partial charge < -0.3 is 5.73 Å². The minimum Gasteiger partial charge on any atom is -0.322 e. The van der Waals surface area contributed by atoms with E-state index in [0.29, 0.717) is 0 Å². The predicted molar refractivity (Wildman–Crippen MR) is 71.5 cm³/mol. The maximum atomic E-state index is 6.41. The fraction of sp³-hybridized carbons (Fsp3) is 0.600. The molecule has 0 saturated carbocycles. The van der Waals surface area contributed by atoms with Crippen LogP contribution in [0, 0.1) is 19.8 Å². The molecule has 0 spiro atoms. The maximum Gasteiger partial charge on any atom is 0.0381 e. The summed E-state index contributed by atoms with van der Waals surface area (Å²) in [6.07, 6.45) is 2.23. The first kappa shape index (κ1) is 13.2. The lowest BCUT2D eigenvalue weighted by Gasteiger charge is -2.27. The van der Waals surface area contributed by atoms with Gasteiger partial charge >= 0.3 is 0 Å². The zero-order valence-electron chi connectivity index (χ0n) is 11.3. The molecule has 1 heteroatoms. The van der Waals surface area contributed by atoms with Crippen molar-refractivity contribution in [2.24, 2.45) is 11.7 Å². The third-order valence-electron chi connectivity index (χ3n) is 3.41. The normalized spacial score (nSPS) is 15.2. The van der Waals surface area contributed by atoms with Crippen LogP contribution < -0.4 is 5.73 Å². The van der Waals surface area contributed by atoms with E-state index in [4.69, 9.17) is 5.73 Å². The van der Waals surface area contributed by atoms with E-state index >= 15 is 0 Å². The van der Waals surface area contributed by atoms with Crippen LogP contribution in [0.3, 0.4) is 0 Å². The van der Waals surface area contributed by atoms with E-state index in [9.17, 15) is 0 Å². The van der Waals surface area contributed by atoms with E-state index in [1.165, 1.54) is 23.1 Å². The molecule has 0 fully saturated rings. The summed E-state index contributed by atoms with van der Waals surface area (Å²) in [7, 11) is 0. The highest BCUT2D eigenvalue weighted by Crippen LogP contribution is 2.26. The Labute approximate surface area is 100 Å². The Kier molecular flexibility index (Phi) is 4.15. The van der Waals surface area contributed by atoms with Crippen molar-refractivity contribution in [3.8, 4) is 0 Å². The van der Waals surface area contributed by atoms with Crippen molar-refractivity contribution in [1.29, 1.82) is 0 Å². The molecular weight excluding hydrogens is 194 g/mol. The lowest BCUT2D eigenvalue weighted by molar-refractivity contribution is 0.396. The van der Waals surface area contributed by atoms with Crippen molar-refractivity contribution < 1.29 is 0 Å². The summed E-state index contributed by atoms with van der Waals surface area (Å²) in [5.74, 6) is 0.717. The van der Waals surface area contributed by atoms with Gasteiger partial charge in [0, 0.05) is 5.54 Å². The second kappa shape index (κ2) is 5.01. The minimum absolute atomic E-state index is 0.192. The van der Waals surface area contributed by atoms with Crippen LogP contribution in [0.4, 0.5) is 0 Å². The number of hydrogen-bond donors (Lipinski definition) is 1. The Morgan fingerprint density at radius 3 is 2.31 bits per heavy atom. The Balaban J connectivity index is 2.84. The van der Waals surface area contributed by atoms with E-state index in [0.717, 1.165) is 12.3 Å². The van der Waals surface area contributed by atoms with Gasteiger partial charge in [0.15, 0.2) is 0 Å². The molecule has 0 aliphatic rings. The zero-order valence-corrected chi connectivity index (χ0v) is 11.3. The molecule has 0 aliphatic carbocycles. The molecule has 0 aliphatic heterocycles. The summed E-state index contributed by atoms with van der Waals surface area (Å²) < 4.78 is 0. The molecule has 0 aromatic heterocycles. The van der Waals surface area contributed by atoms with Crippen LogP contribution in [0.5, 0.6) is 0 Å². The summed E-state index contributed by atoms with van der Waals surface area (Å²) in [4.78, 5) is 0. The molecule has 1 atom stereocenters. The molecule has 16 heavy (non-hydrogen) atoms. The number of hydrogen-bond acceptors (Lipinski definition) is 1. The molecule has 2 N–H and O–H groups in total. The number of aryl methyl sites for hydroxylation is 2. The lowest BCUT2D eigenvalue weighted by atomic mass is 9.85. The van der Waals surface area contributed by atoms with E-state index in [2.05, 4.69) is 52.8 Å². The Morgan fingerprint density at radius 1 is 1.19 bits per heavy atom. The van der Waals surface area contributed by atoms with E-state index in [1.807, 2.05) is 0 Å². The number of rotatable bonds is 4. The quantitative estimate of drug-likeness (QED) is 0.816. The summed E-state index contributed by atoms with van der Waals surface area (Å²) in [5, 5.41) is 0. The summed E-state index contributed by atoms with van der Waals surface area (Å²) in [6, 6.07) is 6.57. The van der Waals surface area contributed by atoms with Crippen LogP contribution >= 0.6 is 0 Å². The molecule has 1 unspecified atom stereocenters. The van der Waals surface area contributed by atoms with Gasteiger partial charge in [-0.05, 0) is 56.2 Å². The molecule has 0 saturated heterocycles. The van der Waals surface area contributed by atoms with Crippen LogP contribution in [-0.4, -0.2) is 0 Å². The molecule has 0 radical (unpaired) electrons. The summed E-state index contributed by atoms with van der Waals surface area (Å²) in [5.41, 5.74) is 10.1. The summed E-state index contributed by atoms with van der Waals surface area (Å²) in [6.45, 7) is 10.9. The Hall–Kier alpha value is -0.820. The van der Waals surface area contributed by atoms with Gasteiger partial charge in [-0.25, -0.2) is 0 Å². The molecule has 1 rings (SSSR count). The molecule has 1 aromatic rings. The molecule has 0 heterocycles. The monoisotopic (exact) mass is 219 g/mol. The molecule has 0 bridgehead atoms. The fourth-order valence-corrected chi connectivity index (χ4v) is 1.83. The highest BCUT2D eigenvalue weighted by atomic mass is 14.7. The number of benzene rings is 1. The first-order chi connectivity index (χ1) is 7.33. The van der Waals surface area contributed by atoms with Crippen molar-refractivity contribution in [2.45, 2.75) is 53.0 Å². The van der Waals surface area contributed by atoms with Crippen LogP contribution in [0.25, 0.3) is 0 Å². The van der Waals surface area contributed by atoms with Gasteiger partial charge in [-0.15, -0.1) is 0 Å². The van der Waals surface area contributed by atoms with Crippen LogP contribution in [0.15, 0.2) is 18.2 Å². The highest BCUT2D eigenvalue weighted by molar-refractivity contribution is 5.33. The van der Waals surface area contributed by atoms with Gasteiger partial charge in [0.05, 0.1) is 0 Å². The second-order valence-corrected chi connectivity index (χ2v) is 5.65. The van der Waals surface area contributed by atoms with E-state index in [1.54, 1.807) is 0 Å². The second-order valence-electron chi connectivity index (χ2n) is 5.65. The third kappa shape index (κ3) is 3.34. The fourth-order valence-electron chi connectivity index (χ4n) is 1.83. The smallest absolute Gasteiger partial charge is 0.0381 e. The van der Waals surface area contributed by atoms with Crippen molar-refractivity contribution in [1.82, 2.24) is 0 Å². The van der Waals surface area contributed by atoms with Gasteiger partial charge in [-0.1, -0.05) is 32.0 Å². The topological polar surface area (TPSA) is 26.0 Å². The largest absolute Gasteiger partial charge is 0.322 e. The SMILES string of the molecule is Cc1ccc(C(C)(N)CCC(C)C)cc1C. The van der Waals surface area contributed by atoms with Crippen LogP contribution in [0.2, 0.25) is 0 Å². The Bertz CT molecular complexity index is 350. The van der Waals surface area contributed by atoms with Gasteiger partial charge in [0.2, 0.25) is 0 Å². The predicted octanol–water partition coefficient (Wildman–Crippen LogP) is 3.91. The van der Waals surface area contributed by atoms with E-state index in [-0.39, 0.29) is 5.54 Å². The minimum atomic E-state index is -0.192. The van der Waals surface area contributed by atoms with Gasteiger partial charge in [0.1, 0.15) is 0 Å². The van der Waals surface area contributed by atoms with Crippen molar-refractivity contribution in [2.75, 3.05) is 0 Å². The zero-order chi connectivity index (χ0) is 12.3. The average molecular weight is 219 g/mol. The van der Waals surface area contributed by atoms with Crippen molar-refractivity contribution in [3.05, 3.63) is 34.9 Å². The van der Waals surface area contributed by atoms with Crippen LogP contribution in [-0.2, 0) is 5.54 Å². The standard InChI is InChI=1S/C15H25N/c1-11(2)8-9-15(5,16)14-7-6-12(3)13(4)10-14/h6-7,10-11H,8-9,16H2,1-5H3. The summed E-state index contributed by atoms with van der Waals surface area (Å²) >= 11 is 0.